The lowest BCUT2D eigenvalue weighted by Crippen LogP contribution is -2.58. The molecule has 2 aliphatic heterocycles. The zero-order valence-electron chi connectivity index (χ0n) is 39.6. The van der Waals surface area contributed by atoms with Gasteiger partial charge in [-0.2, -0.15) is 21.0 Å². The lowest BCUT2D eigenvalue weighted by molar-refractivity contribution is -0.179. The van der Waals surface area contributed by atoms with Crippen LogP contribution in [-0.4, -0.2) is 46.5 Å². The molecule has 2 unspecified atom stereocenters. The molecule has 0 N–H and O–H groups in total. The number of aliphatic imine (C=N–C) groups is 2. The molecule has 0 saturated carbocycles. The monoisotopic (exact) mass is 1040 g/mol. The minimum Gasteiger partial charge on any atom is -0.458 e. The van der Waals surface area contributed by atoms with Gasteiger partial charge >= 0.3 is 35.1 Å². The summed E-state index contributed by atoms with van der Waals surface area (Å²) < 4.78 is 37.2. The first-order valence-corrected chi connectivity index (χ1v) is 24.9. The van der Waals surface area contributed by atoms with Gasteiger partial charge in [0, 0.05) is 46.3 Å². The Morgan fingerprint density at radius 3 is 1.03 bits per heavy atom. The minimum absolute atomic E-state index is 0.0245. The van der Waals surface area contributed by atoms with Crippen LogP contribution < -0.4 is 9.47 Å². The molecule has 4 heterocycles. The molecule has 76 heavy (non-hydrogen) atoms. The van der Waals surface area contributed by atoms with Crippen LogP contribution in [0.15, 0.2) is 179 Å². The maximum Gasteiger partial charge on any atom is 0.367 e. The van der Waals surface area contributed by atoms with E-state index in [4.69, 9.17) is 28.4 Å². The Balaban J connectivity index is 1.17. The van der Waals surface area contributed by atoms with Crippen molar-refractivity contribution in [3.63, 3.8) is 0 Å². The Bertz CT molecular complexity index is 3310. The van der Waals surface area contributed by atoms with Gasteiger partial charge in [0.25, 0.3) is 0 Å². The van der Waals surface area contributed by atoms with Crippen molar-refractivity contribution < 1.29 is 47.6 Å². The van der Waals surface area contributed by atoms with Gasteiger partial charge in [-0.25, -0.2) is 29.2 Å². The van der Waals surface area contributed by atoms with Gasteiger partial charge in [0.15, 0.2) is 0 Å². The van der Waals surface area contributed by atoms with Gasteiger partial charge < -0.3 is 28.4 Å². The summed E-state index contributed by atoms with van der Waals surface area (Å²) in [7, 11) is 0. The van der Waals surface area contributed by atoms with Crippen LogP contribution in [0.25, 0.3) is 11.1 Å². The first-order valence-electron chi connectivity index (χ1n) is 23.2. The van der Waals surface area contributed by atoms with E-state index in [1.807, 2.05) is 0 Å². The second-order valence-electron chi connectivity index (χ2n) is 17.2. The van der Waals surface area contributed by atoms with E-state index >= 15 is 19.2 Å². The topological polar surface area (TPSA) is 244 Å². The highest BCUT2D eigenvalue weighted by molar-refractivity contribution is 7.17. The van der Waals surface area contributed by atoms with Crippen molar-refractivity contribution in [2.45, 2.75) is 37.6 Å². The van der Waals surface area contributed by atoms with Crippen LogP contribution in [0.2, 0.25) is 0 Å². The molecule has 2 aromatic heterocycles. The predicted molar refractivity (Wildman–Crippen MR) is 276 cm³/mol. The van der Waals surface area contributed by atoms with Crippen molar-refractivity contribution in [3.05, 3.63) is 201 Å². The van der Waals surface area contributed by atoms with E-state index in [0.717, 1.165) is 22.7 Å². The van der Waals surface area contributed by atoms with Crippen molar-refractivity contribution >= 4 is 79.1 Å². The molecule has 370 valence electrons. The fraction of sp³-hybridized carbons (Fsp3) is 0.138. The number of benzene rings is 4. The highest BCUT2D eigenvalue weighted by atomic mass is 32.1. The van der Waals surface area contributed by atoms with E-state index in [0.29, 0.717) is 32.0 Å². The molecule has 0 spiro atoms. The van der Waals surface area contributed by atoms with Gasteiger partial charge in [-0.3, -0.25) is 0 Å². The fourth-order valence-electron chi connectivity index (χ4n) is 8.92. The van der Waals surface area contributed by atoms with Crippen LogP contribution in [0, 0.1) is 57.2 Å². The third-order valence-corrected chi connectivity index (χ3v) is 14.6. The van der Waals surface area contributed by atoms with Crippen molar-refractivity contribution in [3.8, 4) is 35.8 Å². The maximum absolute atomic E-state index is 15.1. The van der Waals surface area contributed by atoms with Crippen molar-refractivity contribution in [1.82, 2.24) is 0 Å². The Labute approximate surface area is 441 Å². The molecule has 4 aromatic carbocycles. The molecule has 2 atom stereocenters. The second-order valence-corrected chi connectivity index (χ2v) is 19.3. The summed E-state index contributed by atoms with van der Waals surface area (Å²) in [6, 6.07) is 45.0. The number of hydrogen-bond acceptors (Lipinski definition) is 18. The number of rotatable bonds is 14. The van der Waals surface area contributed by atoms with E-state index in [2.05, 4.69) is 9.98 Å². The number of fused-ring (bicyclic) bond motifs is 7. The highest BCUT2D eigenvalue weighted by Crippen LogP contribution is 2.58. The largest absolute Gasteiger partial charge is 0.458 e. The summed E-state index contributed by atoms with van der Waals surface area (Å²) >= 11 is 2.03. The lowest BCUT2D eigenvalue weighted by Gasteiger charge is -2.42. The predicted octanol–water partition coefficient (Wildman–Crippen LogP) is 9.86. The van der Waals surface area contributed by atoms with E-state index in [9.17, 15) is 21.0 Å². The molecule has 6 aromatic rings. The van der Waals surface area contributed by atoms with Gasteiger partial charge in [-0.05, 0) is 22.3 Å². The number of thiophene rings is 2. The SMILES string of the molecule is N#CC(C#N)=Nc1cc2c(s1)C1=CC3C=C4C(=CC3C=C1C(C(=O)OCc1ccccc1)(C(=O)OCc1ccccc1)O2)c1sc(N=C(C#N)C#N)cc1OC4(C(=O)OCc1ccccc1)C(=O)OCc1ccccc1. The number of ether oxygens (including phenoxy) is 6. The second kappa shape index (κ2) is 21.2. The zero-order chi connectivity index (χ0) is 52.8. The molecular weight excluding hydrogens is 1000 g/mol. The first kappa shape index (κ1) is 49.6. The van der Waals surface area contributed by atoms with Crippen LogP contribution in [-0.2, 0) is 64.6 Å². The summed E-state index contributed by atoms with van der Waals surface area (Å²) in [5.41, 5.74) is -3.19. The maximum atomic E-state index is 15.1. The lowest BCUT2D eigenvalue weighted by atomic mass is 9.68. The van der Waals surface area contributed by atoms with Crippen LogP contribution in [0.3, 0.4) is 0 Å². The van der Waals surface area contributed by atoms with Gasteiger partial charge in [0.05, 0.1) is 9.75 Å². The molecule has 0 bridgehead atoms. The number of nitriles is 4. The Hall–Kier alpha value is -9.98. The summed E-state index contributed by atoms with van der Waals surface area (Å²) in [5, 5.41) is 38.9. The number of nitrogens with zero attached hydrogens (tertiary/aromatic N) is 6. The van der Waals surface area contributed by atoms with E-state index in [-0.39, 0.29) is 70.2 Å². The molecule has 10 rings (SSSR count). The molecule has 0 amide bonds. The summed E-state index contributed by atoms with van der Waals surface area (Å²) in [4.78, 5) is 69.6. The molecular formula is C58H36N6O10S2. The Morgan fingerprint density at radius 2 is 0.750 bits per heavy atom. The standard InChI is InChI=1S/C58H36N6O10S2/c59-27-41(28-60)63-49-25-47-51(75-49)43-21-40-24-46-44(22-39(40)23-45(43)57(73-47,53(65)69-31-35-13-5-1-6-14-35)54(66)70-32-36-15-7-2-8-16-36)52-48(26-50(76-52)64-42(29-61)30-62)74-58(46,55(67)71-33-37-17-9-3-10-18-37)56(68)72-34-38-19-11-4-12-20-38/h1-26,39-40H,31-34H2. The van der Waals surface area contributed by atoms with Gasteiger partial charge in [0.2, 0.25) is 11.4 Å². The van der Waals surface area contributed by atoms with Gasteiger partial charge in [-0.15, -0.1) is 22.7 Å². The highest BCUT2D eigenvalue weighted by Gasteiger charge is 2.63. The van der Waals surface area contributed by atoms with Crippen LogP contribution in [0.4, 0.5) is 10.0 Å². The number of carbonyl (C=O) groups is 4. The smallest absolute Gasteiger partial charge is 0.367 e. The zero-order valence-corrected chi connectivity index (χ0v) is 41.2. The summed E-state index contributed by atoms with van der Waals surface area (Å²) in [5.74, 6) is -6.12. The molecule has 0 fully saturated rings. The summed E-state index contributed by atoms with van der Waals surface area (Å²) in [6.45, 7) is -1.06. The quantitative estimate of drug-likeness (QED) is 0.0427. The van der Waals surface area contributed by atoms with Crippen molar-refractivity contribution in [2.24, 2.45) is 21.8 Å². The van der Waals surface area contributed by atoms with E-state index < -0.39 is 58.3 Å². The number of allylic oxidation sites excluding steroid dienone is 4. The van der Waals surface area contributed by atoms with Crippen LogP contribution in [0.1, 0.15) is 32.0 Å². The van der Waals surface area contributed by atoms with Crippen molar-refractivity contribution in [1.29, 1.82) is 21.0 Å². The molecule has 18 heteroatoms. The third kappa shape index (κ3) is 9.45. The number of hydrogen-bond donors (Lipinski definition) is 0. The minimum atomic E-state index is -2.64. The average molecular weight is 1040 g/mol. The summed E-state index contributed by atoms with van der Waals surface area (Å²) in [6.07, 6.45) is 6.80. The van der Waals surface area contributed by atoms with Gasteiger partial charge in [0.1, 0.15) is 72.2 Å². The van der Waals surface area contributed by atoms with E-state index in [1.54, 1.807) is 170 Å². The normalized spacial score (nSPS) is 16.5. The Morgan fingerprint density at radius 1 is 0.461 bits per heavy atom. The average Bonchev–Trinajstić information content (AvgIpc) is 4.24. The fourth-order valence-corrected chi connectivity index (χ4v) is 10.9. The number of esters is 4. The van der Waals surface area contributed by atoms with Gasteiger partial charge in [-0.1, -0.05) is 146 Å². The van der Waals surface area contributed by atoms with Crippen molar-refractivity contribution in [2.75, 3.05) is 0 Å². The molecule has 0 saturated heterocycles. The van der Waals surface area contributed by atoms with E-state index in [1.165, 1.54) is 12.1 Å². The molecule has 0 radical (unpaired) electrons. The first-order chi connectivity index (χ1) is 37.1. The van der Waals surface area contributed by atoms with Crippen LogP contribution in [0.5, 0.6) is 11.5 Å². The Kier molecular flexibility index (Phi) is 13.9. The molecule has 2 aliphatic carbocycles. The third-order valence-electron chi connectivity index (χ3n) is 12.5. The molecule has 16 nitrogen and oxygen atoms in total. The molecule has 4 aliphatic rings. The number of carbonyl (C=O) groups excluding carboxylic acids is 4. The van der Waals surface area contributed by atoms with Crippen LogP contribution >= 0.6 is 22.7 Å².